The number of aromatic nitrogens is 2. The van der Waals surface area contributed by atoms with Crippen molar-refractivity contribution in [3.05, 3.63) is 24.2 Å². The molecule has 0 bridgehead atoms. The quantitative estimate of drug-likeness (QED) is 0.794. The second-order valence-corrected chi connectivity index (χ2v) is 7.14. The van der Waals surface area contributed by atoms with Crippen LogP contribution >= 0.6 is 0 Å². The molecule has 1 atom stereocenters. The molecule has 0 fully saturated rings. The number of nitrogens with zero attached hydrogens (tertiary/aromatic N) is 3. The highest BCUT2D eigenvalue weighted by Crippen LogP contribution is 2.31. The molecule has 0 unspecified atom stereocenters. The fraction of sp³-hybridized carbons (Fsp3) is 0.615. The normalized spacial score (nSPS) is 19.0. The first-order valence-corrected chi connectivity index (χ1v) is 8.40. The van der Waals surface area contributed by atoms with Gasteiger partial charge in [0.25, 0.3) is 10.0 Å². The van der Waals surface area contributed by atoms with Gasteiger partial charge in [-0.25, -0.2) is 13.4 Å². The smallest absolute Gasteiger partial charge is 0.333 e. The van der Waals surface area contributed by atoms with Crippen LogP contribution in [0.15, 0.2) is 29.2 Å². The van der Waals surface area contributed by atoms with E-state index in [4.69, 9.17) is 0 Å². The van der Waals surface area contributed by atoms with Crippen molar-refractivity contribution in [1.29, 1.82) is 0 Å². The van der Waals surface area contributed by atoms with E-state index in [1.54, 1.807) is 4.57 Å². The Morgan fingerprint density at radius 1 is 1.41 bits per heavy atom. The van der Waals surface area contributed by atoms with Crippen molar-refractivity contribution in [3.63, 3.8) is 0 Å². The summed E-state index contributed by atoms with van der Waals surface area (Å²) in [5, 5.41) is -0.128. The third-order valence-corrected chi connectivity index (χ3v) is 5.57. The Morgan fingerprint density at radius 3 is 2.59 bits per heavy atom. The van der Waals surface area contributed by atoms with E-state index in [-0.39, 0.29) is 30.6 Å². The van der Waals surface area contributed by atoms with E-state index in [9.17, 15) is 21.6 Å². The third-order valence-electron chi connectivity index (χ3n) is 3.82. The van der Waals surface area contributed by atoms with Crippen LogP contribution in [-0.4, -0.2) is 41.5 Å². The molecule has 1 aromatic rings. The Balaban J connectivity index is 2.19. The number of hydrogen-bond acceptors (Lipinski definition) is 3. The van der Waals surface area contributed by atoms with Gasteiger partial charge in [0.2, 0.25) is 0 Å². The number of hydrogen-bond donors (Lipinski definition) is 0. The summed E-state index contributed by atoms with van der Waals surface area (Å²) in [7, 11) is -3.86. The maximum absolute atomic E-state index is 12.6. The van der Waals surface area contributed by atoms with Gasteiger partial charge in [0.15, 0.2) is 5.03 Å². The Labute approximate surface area is 127 Å². The molecular formula is C13H18F3N3O2S. The summed E-state index contributed by atoms with van der Waals surface area (Å²) in [5.74, 6) is 0. The lowest BCUT2D eigenvalue weighted by Crippen LogP contribution is -2.36. The van der Waals surface area contributed by atoms with E-state index < -0.39 is 21.8 Å². The van der Waals surface area contributed by atoms with Crippen LogP contribution < -0.4 is 0 Å². The average Bonchev–Trinajstić information content (AvgIpc) is 2.96. The van der Waals surface area contributed by atoms with Crippen molar-refractivity contribution in [2.75, 3.05) is 13.1 Å². The largest absolute Gasteiger partial charge is 0.412 e. The Hall–Kier alpha value is -1.35. The first-order valence-electron chi connectivity index (χ1n) is 6.96. The number of imidazole rings is 1. The van der Waals surface area contributed by atoms with Gasteiger partial charge in [-0.1, -0.05) is 13.0 Å². The van der Waals surface area contributed by atoms with Crippen molar-refractivity contribution in [2.45, 2.75) is 43.9 Å². The van der Waals surface area contributed by atoms with Crippen LogP contribution in [0.2, 0.25) is 0 Å². The van der Waals surface area contributed by atoms with Crippen LogP contribution in [0.1, 0.15) is 32.7 Å². The van der Waals surface area contributed by atoms with Gasteiger partial charge in [-0.05, 0) is 19.8 Å². The average molecular weight is 337 g/mol. The molecule has 0 radical (unpaired) electrons. The van der Waals surface area contributed by atoms with Crippen molar-refractivity contribution in [1.82, 2.24) is 13.9 Å². The van der Waals surface area contributed by atoms with Crippen LogP contribution in [0.3, 0.4) is 0 Å². The van der Waals surface area contributed by atoms with E-state index in [0.29, 0.717) is 0 Å². The molecule has 2 rings (SSSR count). The Morgan fingerprint density at radius 2 is 2.09 bits per heavy atom. The molecule has 124 valence electrons. The Kier molecular flexibility index (Phi) is 4.67. The monoisotopic (exact) mass is 337 g/mol. The number of alkyl halides is 3. The molecule has 1 aliphatic rings. The zero-order valence-electron chi connectivity index (χ0n) is 12.3. The molecule has 0 spiro atoms. The summed E-state index contributed by atoms with van der Waals surface area (Å²) in [6.07, 6.45) is -0.138. The highest BCUT2D eigenvalue weighted by Gasteiger charge is 2.37. The van der Waals surface area contributed by atoms with Gasteiger partial charge >= 0.3 is 6.18 Å². The Bertz CT molecular complexity index is 664. The second-order valence-electron chi connectivity index (χ2n) is 5.26. The summed E-state index contributed by atoms with van der Waals surface area (Å²) >= 11 is 0. The minimum absolute atomic E-state index is 0.106. The minimum atomic E-state index is -4.39. The number of sulfonamides is 1. The van der Waals surface area contributed by atoms with Gasteiger partial charge in [0.05, 0.1) is 6.33 Å². The van der Waals surface area contributed by atoms with Gasteiger partial charge in [-0.15, -0.1) is 0 Å². The SMILES string of the molecule is CC[C@@H](C)n1cnc(S(=O)(=O)N2CC=C(C(F)(F)F)CC2)c1. The molecule has 22 heavy (non-hydrogen) atoms. The van der Waals surface area contributed by atoms with E-state index in [0.717, 1.165) is 16.8 Å². The summed E-state index contributed by atoms with van der Waals surface area (Å²) < 4.78 is 65.2. The molecule has 0 N–H and O–H groups in total. The molecule has 0 amide bonds. The van der Waals surface area contributed by atoms with Crippen LogP contribution in [0.25, 0.3) is 0 Å². The molecule has 9 heteroatoms. The zero-order chi connectivity index (χ0) is 16.5. The highest BCUT2D eigenvalue weighted by atomic mass is 32.2. The molecule has 0 aromatic carbocycles. The van der Waals surface area contributed by atoms with E-state index in [2.05, 4.69) is 4.98 Å². The predicted octanol–water partition coefficient (Wildman–Crippen LogP) is 2.74. The number of halogens is 3. The first-order chi connectivity index (χ1) is 10.2. The molecule has 0 saturated carbocycles. The van der Waals surface area contributed by atoms with E-state index >= 15 is 0 Å². The molecule has 1 aliphatic heterocycles. The first kappa shape index (κ1) is 17.0. The summed E-state index contributed by atoms with van der Waals surface area (Å²) in [6.45, 7) is 3.42. The molecule has 0 aliphatic carbocycles. The fourth-order valence-corrected chi connectivity index (χ4v) is 3.46. The lowest BCUT2D eigenvalue weighted by atomic mass is 10.1. The van der Waals surface area contributed by atoms with Crippen LogP contribution in [0.4, 0.5) is 13.2 Å². The highest BCUT2D eigenvalue weighted by molar-refractivity contribution is 7.89. The van der Waals surface area contributed by atoms with Crippen molar-refractivity contribution in [2.24, 2.45) is 0 Å². The van der Waals surface area contributed by atoms with Gasteiger partial charge in [-0.3, -0.25) is 0 Å². The van der Waals surface area contributed by atoms with Gasteiger partial charge in [-0.2, -0.15) is 17.5 Å². The minimum Gasteiger partial charge on any atom is -0.333 e. The standard InChI is InChI=1S/C13H18F3N3O2S/c1-3-10(2)18-8-12(17-9-18)22(20,21)19-6-4-11(5-7-19)13(14,15)16/h4,8-10H,3,5-7H2,1-2H3/t10-/m1/s1. The lowest BCUT2D eigenvalue weighted by Gasteiger charge is -2.25. The predicted molar refractivity (Wildman–Crippen MR) is 74.7 cm³/mol. The zero-order valence-corrected chi connectivity index (χ0v) is 13.2. The summed E-state index contributed by atoms with van der Waals surface area (Å²) in [4.78, 5) is 3.89. The summed E-state index contributed by atoms with van der Waals surface area (Å²) in [5.41, 5.74) is -0.677. The lowest BCUT2D eigenvalue weighted by molar-refractivity contribution is -0.0953. The van der Waals surface area contributed by atoms with Crippen LogP contribution in [0, 0.1) is 0 Å². The molecular weight excluding hydrogens is 319 g/mol. The molecule has 0 saturated heterocycles. The van der Waals surface area contributed by atoms with Crippen molar-refractivity contribution >= 4 is 10.0 Å². The van der Waals surface area contributed by atoms with E-state index in [1.165, 1.54) is 12.5 Å². The molecule has 2 heterocycles. The van der Waals surface area contributed by atoms with Gasteiger partial charge in [0, 0.05) is 30.9 Å². The summed E-state index contributed by atoms with van der Waals surface area (Å²) in [6, 6.07) is 0.106. The maximum atomic E-state index is 12.6. The van der Waals surface area contributed by atoms with Crippen molar-refractivity contribution in [3.8, 4) is 0 Å². The number of rotatable bonds is 4. The fourth-order valence-electron chi connectivity index (χ4n) is 2.16. The maximum Gasteiger partial charge on any atom is 0.412 e. The van der Waals surface area contributed by atoms with Crippen LogP contribution in [0.5, 0.6) is 0 Å². The van der Waals surface area contributed by atoms with Crippen molar-refractivity contribution < 1.29 is 21.6 Å². The van der Waals surface area contributed by atoms with Gasteiger partial charge in [0.1, 0.15) is 0 Å². The molecule has 1 aromatic heterocycles. The topological polar surface area (TPSA) is 55.2 Å². The third kappa shape index (κ3) is 3.35. The second kappa shape index (κ2) is 6.04. The van der Waals surface area contributed by atoms with Crippen LogP contribution in [-0.2, 0) is 10.0 Å². The van der Waals surface area contributed by atoms with E-state index in [1.807, 2.05) is 13.8 Å². The van der Waals surface area contributed by atoms with Gasteiger partial charge < -0.3 is 4.57 Å². The molecule has 5 nitrogen and oxygen atoms in total.